The Morgan fingerprint density at radius 1 is 1.26 bits per heavy atom. The van der Waals surface area contributed by atoms with E-state index in [1.807, 2.05) is 13.0 Å². The first-order chi connectivity index (χ1) is 9.19. The van der Waals surface area contributed by atoms with Crippen LogP contribution in [-0.4, -0.2) is 16.7 Å². The fourth-order valence-electron chi connectivity index (χ4n) is 1.41. The van der Waals surface area contributed by atoms with Crippen molar-refractivity contribution in [1.29, 1.82) is 0 Å². The summed E-state index contributed by atoms with van der Waals surface area (Å²) in [7, 11) is 0. The van der Waals surface area contributed by atoms with Gasteiger partial charge in [-0.3, -0.25) is 0 Å². The summed E-state index contributed by atoms with van der Waals surface area (Å²) < 4.78 is 18.9. The molecule has 19 heavy (non-hydrogen) atoms. The summed E-state index contributed by atoms with van der Waals surface area (Å²) >= 11 is 3.10. The third-order valence-electron chi connectivity index (χ3n) is 2.36. The van der Waals surface area contributed by atoms with Crippen molar-refractivity contribution in [3.05, 3.63) is 46.3 Å². The molecular weight excluding hydrogens is 313 g/mol. The van der Waals surface area contributed by atoms with Crippen molar-refractivity contribution < 1.29 is 9.13 Å². The van der Waals surface area contributed by atoms with Gasteiger partial charge in [0.05, 0.1) is 10.2 Å². The summed E-state index contributed by atoms with van der Waals surface area (Å²) in [6.45, 7) is 3.58. The molecule has 0 atom stereocenters. The minimum absolute atomic E-state index is 0.334. The molecule has 2 aromatic rings. The third kappa shape index (κ3) is 3.97. The topological polar surface area (TPSA) is 47.0 Å². The molecule has 1 aromatic heterocycles. The maximum absolute atomic E-state index is 13.1. The molecule has 0 fully saturated rings. The smallest absolute Gasteiger partial charge is 0.238 e. The van der Waals surface area contributed by atoms with E-state index in [0.29, 0.717) is 22.6 Å². The number of hydrogen-bond acceptors (Lipinski definition) is 4. The molecule has 0 bridgehead atoms. The average molecular weight is 326 g/mol. The molecule has 0 spiro atoms. The summed E-state index contributed by atoms with van der Waals surface area (Å²) in [5.41, 5.74) is 0.842. The number of benzene rings is 1. The molecule has 1 heterocycles. The fourth-order valence-corrected chi connectivity index (χ4v) is 1.77. The van der Waals surface area contributed by atoms with Crippen LogP contribution in [0.1, 0.15) is 12.6 Å². The molecule has 0 unspecified atom stereocenters. The maximum Gasteiger partial charge on any atom is 0.238 e. The largest absolute Gasteiger partial charge is 0.437 e. The second-order valence-corrected chi connectivity index (χ2v) is 4.68. The number of halogens is 2. The second-order valence-electron chi connectivity index (χ2n) is 3.82. The highest BCUT2D eigenvalue weighted by atomic mass is 79.9. The molecule has 0 amide bonds. The molecule has 1 N–H and O–H groups in total. The molecule has 2 rings (SSSR count). The van der Waals surface area contributed by atoms with Gasteiger partial charge in [-0.1, -0.05) is 6.92 Å². The van der Waals surface area contributed by atoms with Crippen LogP contribution in [0.15, 0.2) is 34.8 Å². The molecule has 0 aliphatic heterocycles. The van der Waals surface area contributed by atoms with Gasteiger partial charge < -0.3 is 10.1 Å². The van der Waals surface area contributed by atoms with Crippen LogP contribution in [0.5, 0.6) is 11.6 Å². The summed E-state index contributed by atoms with van der Waals surface area (Å²) in [5.74, 6) is 0.542. The van der Waals surface area contributed by atoms with Gasteiger partial charge in [-0.15, -0.1) is 5.10 Å². The van der Waals surface area contributed by atoms with E-state index < -0.39 is 0 Å². The van der Waals surface area contributed by atoms with E-state index in [4.69, 9.17) is 4.74 Å². The minimum Gasteiger partial charge on any atom is -0.437 e. The van der Waals surface area contributed by atoms with Gasteiger partial charge in [0.2, 0.25) is 5.88 Å². The normalized spacial score (nSPS) is 10.5. The maximum atomic E-state index is 13.1. The highest BCUT2D eigenvalue weighted by molar-refractivity contribution is 9.10. The Kier molecular flexibility index (Phi) is 4.81. The lowest BCUT2D eigenvalue weighted by Crippen LogP contribution is -2.13. The van der Waals surface area contributed by atoms with Crippen LogP contribution < -0.4 is 10.1 Å². The van der Waals surface area contributed by atoms with Gasteiger partial charge in [-0.05, 0) is 46.7 Å². The quantitative estimate of drug-likeness (QED) is 0.916. The Balaban J connectivity index is 2.04. The Morgan fingerprint density at radius 3 is 2.74 bits per heavy atom. The van der Waals surface area contributed by atoms with Gasteiger partial charge in [0, 0.05) is 12.6 Å². The van der Waals surface area contributed by atoms with Crippen molar-refractivity contribution in [2.24, 2.45) is 0 Å². The monoisotopic (exact) mass is 325 g/mol. The Morgan fingerprint density at radius 2 is 2.11 bits per heavy atom. The predicted molar refractivity (Wildman–Crippen MR) is 73.6 cm³/mol. The molecule has 0 saturated carbocycles. The van der Waals surface area contributed by atoms with E-state index in [9.17, 15) is 4.39 Å². The molecule has 100 valence electrons. The van der Waals surface area contributed by atoms with Gasteiger partial charge in [0.1, 0.15) is 11.6 Å². The minimum atomic E-state index is -0.334. The van der Waals surface area contributed by atoms with Crippen molar-refractivity contribution in [2.45, 2.75) is 13.5 Å². The van der Waals surface area contributed by atoms with Crippen molar-refractivity contribution in [2.75, 3.05) is 6.54 Å². The Hall–Kier alpha value is -1.53. The number of ether oxygens (including phenoxy) is 1. The molecule has 0 aliphatic carbocycles. The highest BCUT2D eigenvalue weighted by Gasteiger charge is 2.04. The lowest BCUT2D eigenvalue weighted by Gasteiger charge is -2.06. The SMILES string of the molecule is CCNCc1ccc(Oc2ccc(F)c(Br)c2)nn1. The first kappa shape index (κ1) is 13.9. The van der Waals surface area contributed by atoms with Gasteiger partial charge in [-0.2, -0.15) is 5.10 Å². The second kappa shape index (κ2) is 6.58. The molecule has 0 radical (unpaired) electrons. The van der Waals surface area contributed by atoms with Crippen molar-refractivity contribution in [1.82, 2.24) is 15.5 Å². The van der Waals surface area contributed by atoms with E-state index in [0.717, 1.165) is 12.2 Å². The molecule has 0 aliphatic rings. The predicted octanol–water partition coefficient (Wildman–Crippen LogP) is 3.28. The van der Waals surface area contributed by atoms with E-state index in [-0.39, 0.29) is 5.82 Å². The summed E-state index contributed by atoms with van der Waals surface area (Å²) in [4.78, 5) is 0. The molecule has 0 saturated heterocycles. The number of nitrogens with one attached hydrogen (secondary N) is 1. The zero-order valence-electron chi connectivity index (χ0n) is 10.4. The zero-order valence-corrected chi connectivity index (χ0v) is 11.9. The lowest BCUT2D eigenvalue weighted by atomic mass is 10.3. The van der Waals surface area contributed by atoms with Crippen LogP contribution >= 0.6 is 15.9 Å². The highest BCUT2D eigenvalue weighted by Crippen LogP contribution is 2.24. The van der Waals surface area contributed by atoms with Crippen LogP contribution in [0.25, 0.3) is 0 Å². The fraction of sp³-hybridized carbons (Fsp3) is 0.231. The van der Waals surface area contributed by atoms with E-state index in [1.165, 1.54) is 12.1 Å². The first-order valence-corrected chi connectivity index (χ1v) is 6.64. The lowest BCUT2D eigenvalue weighted by molar-refractivity contribution is 0.451. The van der Waals surface area contributed by atoms with Gasteiger partial charge in [0.15, 0.2) is 0 Å². The molecule has 1 aromatic carbocycles. The van der Waals surface area contributed by atoms with Gasteiger partial charge in [-0.25, -0.2) is 4.39 Å². The first-order valence-electron chi connectivity index (χ1n) is 5.85. The number of aromatic nitrogens is 2. The van der Waals surface area contributed by atoms with E-state index >= 15 is 0 Å². The van der Waals surface area contributed by atoms with Crippen molar-refractivity contribution >= 4 is 15.9 Å². The summed E-state index contributed by atoms with van der Waals surface area (Å²) in [5, 5.41) is 11.1. The Labute approximate surface area is 119 Å². The molecule has 4 nitrogen and oxygen atoms in total. The van der Waals surface area contributed by atoms with Crippen LogP contribution in [0, 0.1) is 5.82 Å². The number of nitrogens with zero attached hydrogens (tertiary/aromatic N) is 2. The van der Waals surface area contributed by atoms with Gasteiger partial charge >= 0.3 is 0 Å². The summed E-state index contributed by atoms with van der Waals surface area (Å²) in [6, 6.07) is 7.98. The number of hydrogen-bond donors (Lipinski definition) is 1. The van der Waals surface area contributed by atoms with Crippen molar-refractivity contribution in [3.8, 4) is 11.6 Å². The van der Waals surface area contributed by atoms with Crippen LogP contribution in [0.4, 0.5) is 4.39 Å². The van der Waals surface area contributed by atoms with Crippen LogP contribution in [0.3, 0.4) is 0 Å². The van der Waals surface area contributed by atoms with Gasteiger partial charge in [0.25, 0.3) is 0 Å². The molecular formula is C13H13BrFN3O. The van der Waals surface area contributed by atoms with E-state index in [2.05, 4.69) is 31.4 Å². The third-order valence-corrected chi connectivity index (χ3v) is 2.97. The van der Waals surface area contributed by atoms with Crippen LogP contribution in [0.2, 0.25) is 0 Å². The zero-order chi connectivity index (χ0) is 13.7. The van der Waals surface area contributed by atoms with E-state index in [1.54, 1.807) is 12.1 Å². The standard InChI is InChI=1S/C13H13BrFN3O/c1-2-16-8-9-3-6-13(18-17-9)19-10-4-5-12(15)11(14)7-10/h3-7,16H,2,8H2,1H3. The molecule has 6 heteroatoms. The number of rotatable bonds is 5. The van der Waals surface area contributed by atoms with Crippen LogP contribution in [-0.2, 0) is 6.54 Å². The average Bonchev–Trinajstić information content (AvgIpc) is 2.42. The Bertz CT molecular complexity index is 548. The summed E-state index contributed by atoms with van der Waals surface area (Å²) in [6.07, 6.45) is 0. The van der Waals surface area contributed by atoms with Crippen molar-refractivity contribution in [3.63, 3.8) is 0 Å².